The number of anilines is 1. The van der Waals surface area contributed by atoms with E-state index in [1.165, 1.54) is 11.8 Å². The molecule has 2 N–H and O–H groups in total. The fourth-order valence-corrected chi connectivity index (χ4v) is 4.06. The van der Waals surface area contributed by atoms with Crippen LogP contribution in [-0.4, -0.2) is 52.0 Å². The van der Waals surface area contributed by atoms with Crippen LogP contribution in [0.4, 0.5) is 5.69 Å². The van der Waals surface area contributed by atoms with Crippen LogP contribution in [0.2, 0.25) is 0 Å². The lowest BCUT2D eigenvalue weighted by molar-refractivity contribution is -0.121. The Hall–Kier alpha value is -3.86. The average Bonchev–Trinajstić information content (AvgIpc) is 3.24. The molecular formula is C25H29N5O5S. The highest BCUT2D eigenvalue weighted by molar-refractivity contribution is 7.99. The second-order valence-corrected chi connectivity index (χ2v) is 8.79. The summed E-state index contributed by atoms with van der Waals surface area (Å²) < 4.78 is 11.8. The van der Waals surface area contributed by atoms with Crippen molar-refractivity contribution >= 4 is 35.2 Å². The number of esters is 1. The van der Waals surface area contributed by atoms with Gasteiger partial charge in [0.2, 0.25) is 11.8 Å². The lowest BCUT2D eigenvalue weighted by Crippen LogP contribution is -2.29. The second-order valence-electron chi connectivity index (χ2n) is 7.85. The molecule has 0 spiro atoms. The number of carbonyl (C=O) groups is 3. The summed E-state index contributed by atoms with van der Waals surface area (Å²) in [5, 5.41) is 14.6. The van der Waals surface area contributed by atoms with E-state index in [-0.39, 0.29) is 30.0 Å². The van der Waals surface area contributed by atoms with Gasteiger partial charge in [-0.05, 0) is 55.8 Å². The summed E-state index contributed by atoms with van der Waals surface area (Å²) in [5.41, 5.74) is 1.86. The van der Waals surface area contributed by atoms with Crippen LogP contribution in [0, 0.1) is 0 Å². The molecule has 1 atom stereocenters. The molecule has 0 radical (unpaired) electrons. The number of hydrogen-bond acceptors (Lipinski definition) is 8. The fraction of sp³-hybridized carbons (Fsp3) is 0.320. The quantitative estimate of drug-likeness (QED) is 0.297. The Morgan fingerprint density at radius 1 is 1.03 bits per heavy atom. The van der Waals surface area contributed by atoms with Crippen LogP contribution in [0.15, 0.2) is 53.7 Å². The summed E-state index contributed by atoms with van der Waals surface area (Å²) in [4.78, 5) is 36.6. The predicted molar refractivity (Wildman–Crippen MR) is 136 cm³/mol. The summed E-state index contributed by atoms with van der Waals surface area (Å²) in [6.07, 6.45) is 0.231. The Morgan fingerprint density at radius 3 is 2.36 bits per heavy atom. The van der Waals surface area contributed by atoms with Crippen molar-refractivity contribution in [3.63, 3.8) is 0 Å². The van der Waals surface area contributed by atoms with Crippen LogP contribution >= 0.6 is 11.8 Å². The summed E-state index contributed by atoms with van der Waals surface area (Å²) >= 11 is 1.23. The predicted octanol–water partition coefficient (Wildman–Crippen LogP) is 3.15. The number of hydrogen-bond donors (Lipinski definition) is 2. The highest BCUT2D eigenvalue weighted by Crippen LogP contribution is 2.20. The van der Waals surface area contributed by atoms with E-state index in [0.717, 1.165) is 11.3 Å². The van der Waals surface area contributed by atoms with Crippen LogP contribution in [0.5, 0.6) is 5.75 Å². The maximum atomic E-state index is 12.5. The van der Waals surface area contributed by atoms with E-state index >= 15 is 0 Å². The van der Waals surface area contributed by atoms with Gasteiger partial charge in [0.15, 0.2) is 11.0 Å². The monoisotopic (exact) mass is 511 g/mol. The first-order valence-corrected chi connectivity index (χ1v) is 12.3. The molecule has 3 rings (SSSR count). The fourth-order valence-electron chi connectivity index (χ4n) is 3.35. The third kappa shape index (κ3) is 7.32. The third-order valence-corrected chi connectivity index (χ3v) is 6.19. The average molecular weight is 512 g/mol. The lowest BCUT2D eigenvalue weighted by atomic mass is 10.1. The van der Waals surface area contributed by atoms with E-state index < -0.39 is 5.97 Å². The van der Waals surface area contributed by atoms with E-state index in [4.69, 9.17) is 9.47 Å². The number of thioether (sulfide) groups is 1. The Balaban J connectivity index is 1.49. The van der Waals surface area contributed by atoms with Crippen LogP contribution < -0.4 is 15.4 Å². The maximum absolute atomic E-state index is 12.5. The molecule has 1 unspecified atom stereocenters. The van der Waals surface area contributed by atoms with Crippen molar-refractivity contribution in [2.24, 2.45) is 7.05 Å². The highest BCUT2D eigenvalue weighted by Gasteiger charge is 2.18. The van der Waals surface area contributed by atoms with Gasteiger partial charge in [-0.2, -0.15) is 0 Å². The summed E-state index contributed by atoms with van der Waals surface area (Å²) in [5.74, 6) is 0.652. The zero-order valence-electron chi connectivity index (χ0n) is 20.6. The van der Waals surface area contributed by atoms with Gasteiger partial charge in [0, 0.05) is 12.7 Å². The van der Waals surface area contributed by atoms with Crippen LogP contribution in [0.1, 0.15) is 41.6 Å². The smallest absolute Gasteiger partial charge is 0.338 e. The van der Waals surface area contributed by atoms with Crippen molar-refractivity contribution in [2.45, 2.75) is 31.5 Å². The highest BCUT2D eigenvalue weighted by atomic mass is 32.2. The molecule has 0 bridgehead atoms. The number of carbonyl (C=O) groups excluding carboxylic acids is 3. The molecule has 2 aromatic carbocycles. The first-order chi connectivity index (χ1) is 17.3. The van der Waals surface area contributed by atoms with Crippen molar-refractivity contribution in [2.75, 3.05) is 24.8 Å². The molecular weight excluding hydrogens is 482 g/mol. The van der Waals surface area contributed by atoms with Gasteiger partial charge >= 0.3 is 5.97 Å². The molecule has 0 saturated carbocycles. The molecule has 11 heteroatoms. The second kappa shape index (κ2) is 12.7. The minimum atomic E-state index is -0.407. The van der Waals surface area contributed by atoms with Crippen LogP contribution in [0.25, 0.3) is 0 Å². The van der Waals surface area contributed by atoms with Gasteiger partial charge in [-0.1, -0.05) is 23.9 Å². The molecule has 1 aromatic heterocycles. The molecule has 190 valence electrons. The molecule has 0 aliphatic carbocycles. The Morgan fingerprint density at radius 2 is 1.72 bits per heavy atom. The molecule has 10 nitrogen and oxygen atoms in total. The number of ether oxygens (including phenoxy) is 2. The largest absolute Gasteiger partial charge is 0.497 e. The Kier molecular flexibility index (Phi) is 9.46. The topological polar surface area (TPSA) is 124 Å². The minimum Gasteiger partial charge on any atom is -0.497 e. The van der Waals surface area contributed by atoms with E-state index in [1.807, 2.05) is 31.2 Å². The minimum absolute atomic E-state index is 0.115. The molecule has 0 aliphatic heterocycles. The van der Waals surface area contributed by atoms with Crippen molar-refractivity contribution in [3.05, 3.63) is 65.5 Å². The van der Waals surface area contributed by atoms with Crippen LogP contribution in [0.3, 0.4) is 0 Å². The van der Waals surface area contributed by atoms with Gasteiger partial charge in [0.1, 0.15) is 5.75 Å². The van der Waals surface area contributed by atoms with Gasteiger partial charge in [-0.15, -0.1) is 10.2 Å². The number of methoxy groups -OCH3 is 1. The van der Waals surface area contributed by atoms with Gasteiger partial charge in [0.05, 0.1) is 37.5 Å². The van der Waals surface area contributed by atoms with E-state index in [2.05, 4.69) is 20.8 Å². The summed E-state index contributed by atoms with van der Waals surface area (Å²) in [6, 6.07) is 13.4. The van der Waals surface area contributed by atoms with Crippen molar-refractivity contribution in [1.82, 2.24) is 20.1 Å². The van der Waals surface area contributed by atoms with E-state index in [1.54, 1.807) is 49.9 Å². The van der Waals surface area contributed by atoms with Gasteiger partial charge < -0.3 is 24.7 Å². The standard InChI is InChI=1S/C25H29N5O5S/c1-5-35-24(33)18-8-10-19(11-9-18)27-22(32)15-36-25-29-28-23(30(25)3)16(2)26-21(31)14-17-6-12-20(34-4)13-7-17/h6-13,16H,5,14-15H2,1-4H3,(H,26,31)(H,27,32). The number of amides is 2. The van der Waals surface area contributed by atoms with Crippen molar-refractivity contribution < 1.29 is 23.9 Å². The molecule has 3 aromatic rings. The van der Waals surface area contributed by atoms with E-state index in [9.17, 15) is 14.4 Å². The zero-order valence-corrected chi connectivity index (χ0v) is 21.4. The lowest BCUT2D eigenvalue weighted by Gasteiger charge is -2.14. The number of nitrogens with zero attached hydrogens (tertiary/aromatic N) is 3. The Bertz CT molecular complexity index is 1190. The maximum Gasteiger partial charge on any atom is 0.338 e. The van der Waals surface area contributed by atoms with E-state index in [0.29, 0.717) is 28.8 Å². The summed E-state index contributed by atoms with van der Waals surface area (Å²) in [7, 11) is 3.38. The SMILES string of the molecule is CCOC(=O)c1ccc(NC(=O)CSc2nnc(C(C)NC(=O)Cc3ccc(OC)cc3)n2C)cc1. The molecule has 0 saturated heterocycles. The molecule has 36 heavy (non-hydrogen) atoms. The Labute approximate surface area is 213 Å². The summed E-state index contributed by atoms with van der Waals surface area (Å²) in [6.45, 7) is 3.87. The molecule has 0 fully saturated rings. The molecule has 0 aliphatic rings. The normalized spacial score (nSPS) is 11.4. The van der Waals surface area contributed by atoms with Gasteiger partial charge in [-0.3, -0.25) is 9.59 Å². The molecule has 2 amide bonds. The van der Waals surface area contributed by atoms with Crippen LogP contribution in [-0.2, 0) is 27.8 Å². The van der Waals surface area contributed by atoms with Gasteiger partial charge in [0.25, 0.3) is 0 Å². The first-order valence-electron chi connectivity index (χ1n) is 11.3. The number of aromatic nitrogens is 3. The number of rotatable bonds is 11. The first kappa shape index (κ1) is 26.7. The van der Waals surface area contributed by atoms with Gasteiger partial charge in [-0.25, -0.2) is 4.79 Å². The molecule has 1 heterocycles. The number of nitrogens with one attached hydrogen (secondary N) is 2. The third-order valence-electron chi connectivity index (χ3n) is 5.17. The van der Waals surface area contributed by atoms with Crippen molar-refractivity contribution in [1.29, 1.82) is 0 Å². The zero-order chi connectivity index (χ0) is 26.1. The number of benzene rings is 2. The van der Waals surface area contributed by atoms with Crippen molar-refractivity contribution in [3.8, 4) is 5.75 Å².